The van der Waals surface area contributed by atoms with Gasteiger partial charge >= 0.3 is 0 Å². The lowest BCUT2D eigenvalue weighted by atomic mass is 10.0. The van der Waals surface area contributed by atoms with E-state index in [-0.39, 0.29) is 6.04 Å². The molecule has 0 saturated carbocycles. The largest absolute Gasteiger partial charge is 0.497 e. The van der Waals surface area contributed by atoms with Crippen LogP contribution < -0.4 is 10.1 Å². The Morgan fingerprint density at radius 3 is 2.57 bits per heavy atom. The van der Waals surface area contributed by atoms with E-state index in [1.807, 2.05) is 12.1 Å². The lowest BCUT2D eigenvalue weighted by Gasteiger charge is -2.17. The molecule has 0 saturated heterocycles. The summed E-state index contributed by atoms with van der Waals surface area (Å²) >= 11 is 11.3. The van der Waals surface area contributed by atoms with Crippen molar-refractivity contribution >= 4 is 38.9 Å². The molecule has 1 N–H and O–H groups in total. The Kier molecular flexibility index (Phi) is 6.55. The molecule has 1 heterocycles. The number of benzene rings is 1. The third-order valence-electron chi connectivity index (χ3n) is 3.25. The van der Waals surface area contributed by atoms with Crippen LogP contribution in [0.1, 0.15) is 29.8 Å². The molecule has 2 aromatic rings. The highest BCUT2D eigenvalue weighted by molar-refractivity contribution is 9.10. The van der Waals surface area contributed by atoms with Crippen LogP contribution in [0, 0.1) is 0 Å². The molecule has 5 heteroatoms. The van der Waals surface area contributed by atoms with E-state index in [2.05, 4.69) is 46.4 Å². The van der Waals surface area contributed by atoms with Gasteiger partial charge in [-0.3, -0.25) is 0 Å². The summed E-state index contributed by atoms with van der Waals surface area (Å²) in [5, 5.41) is 3.60. The van der Waals surface area contributed by atoms with Gasteiger partial charge in [-0.25, -0.2) is 0 Å². The highest BCUT2D eigenvalue weighted by Crippen LogP contribution is 2.36. The van der Waals surface area contributed by atoms with Gasteiger partial charge in [-0.1, -0.05) is 30.7 Å². The van der Waals surface area contributed by atoms with Gasteiger partial charge in [-0.05, 0) is 59.1 Å². The molecule has 114 valence electrons. The summed E-state index contributed by atoms with van der Waals surface area (Å²) in [5.41, 5.74) is 1.28. The zero-order valence-electron chi connectivity index (χ0n) is 12.2. The molecule has 1 unspecified atom stereocenters. The number of hydrogen-bond donors (Lipinski definition) is 1. The predicted molar refractivity (Wildman–Crippen MR) is 94.8 cm³/mol. The Bertz CT molecular complexity index is 551. The van der Waals surface area contributed by atoms with Crippen LogP contribution in [0.25, 0.3) is 0 Å². The Hall–Kier alpha value is -0.550. The number of nitrogens with one attached hydrogen (secondary N) is 1. The van der Waals surface area contributed by atoms with Crippen LogP contribution in [0.3, 0.4) is 0 Å². The first-order chi connectivity index (χ1) is 10.1. The lowest BCUT2D eigenvalue weighted by molar-refractivity contribution is 0.414. The van der Waals surface area contributed by atoms with Crippen molar-refractivity contribution in [3.63, 3.8) is 0 Å². The maximum Gasteiger partial charge on any atom is 0.118 e. The van der Waals surface area contributed by atoms with Crippen molar-refractivity contribution in [2.24, 2.45) is 0 Å². The molecule has 0 aliphatic carbocycles. The van der Waals surface area contributed by atoms with Crippen LogP contribution in [-0.2, 0) is 6.42 Å². The van der Waals surface area contributed by atoms with Gasteiger partial charge in [-0.2, -0.15) is 0 Å². The third kappa shape index (κ3) is 4.71. The van der Waals surface area contributed by atoms with Gasteiger partial charge < -0.3 is 10.1 Å². The van der Waals surface area contributed by atoms with E-state index in [0.717, 1.165) is 33.9 Å². The highest BCUT2D eigenvalue weighted by atomic mass is 79.9. The van der Waals surface area contributed by atoms with Gasteiger partial charge in [-0.15, -0.1) is 11.3 Å². The van der Waals surface area contributed by atoms with Crippen molar-refractivity contribution in [3.8, 4) is 5.75 Å². The summed E-state index contributed by atoms with van der Waals surface area (Å²) in [6.07, 6.45) is 2.05. The van der Waals surface area contributed by atoms with Crippen LogP contribution >= 0.6 is 38.9 Å². The Balaban J connectivity index is 2.15. The first-order valence-corrected chi connectivity index (χ1v) is 8.93. The van der Waals surface area contributed by atoms with E-state index in [1.165, 1.54) is 10.4 Å². The molecule has 21 heavy (non-hydrogen) atoms. The van der Waals surface area contributed by atoms with E-state index < -0.39 is 0 Å². The van der Waals surface area contributed by atoms with Crippen molar-refractivity contribution in [1.82, 2.24) is 5.32 Å². The molecule has 0 aliphatic rings. The smallest absolute Gasteiger partial charge is 0.118 e. The topological polar surface area (TPSA) is 21.3 Å². The predicted octanol–water partition coefficient (Wildman–Crippen LogP) is 5.46. The molecule has 0 spiro atoms. The van der Waals surface area contributed by atoms with E-state index in [9.17, 15) is 0 Å². The van der Waals surface area contributed by atoms with Crippen molar-refractivity contribution in [2.45, 2.75) is 25.8 Å². The lowest BCUT2D eigenvalue weighted by Crippen LogP contribution is -2.23. The fourth-order valence-corrected chi connectivity index (χ4v) is 3.94. The maximum absolute atomic E-state index is 6.18. The average molecular weight is 389 g/mol. The average Bonchev–Trinajstić information content (AvgIpc) is 2.83. The molecule has 0 fully saturated rings. The second kappa shape index (κ2) is 8.18. The van der Waals surface area contributed by atoms with Gasteiger partial charge in [0.15, 0.2) is 0 Å². The minimum atomic E-state index is 0.284. The number of thiophene rings is 1. The summed E-state index contributed by atoms with van der Waals surface area (Å²) in [7, 11) is 1.69. The second-order valence-corrected chi connectivity index (χ2v) is 7.37. The van der Waals surface area contributed by atoms with Crippen LogP contribution in [0.5, 0.6) is 5.75 Å². The van der Waals surface area contributed by atoms with Crippen LogP contribution in [0.4, 0.5) is 0 Å². The Labute approximate surface area is 143 Å². The van der Waals surface area contributed by atoms with Crippen molar-refractivity contribution < 1.29 is 4.74 Å². The number of ether oxygens (including phenoxy) is 1. The molecule has 0 radical (unpaired) electrons. The Morgan fingerprint density at radius 1 is 1.33 bits per heavy atom. The first-order valence-electron chi connectivity index (χ1n) is 6.95. The van der Waals surface area contributed by atoms with E-state index in [1.54, 1.807) is 18.4 Å². The normalized spacial score (nSPS) is 12.4. The van der Waals surface area contributed by atoms with E-state index in [4.69, 9.17) is 16.3 Å². The van der Waals surface area contributed by atoms with Crippen molar-refractivity contribution in [1.29, 1.82) is 0 Å². The minimum absolute atomic E-state index is 0.284. The zero-order chi connectivity index (χ0) is 15.2. The van der Waals surface area contributed by atoms with Gasteiger partial charge in [0.25, 0.3) is 0 Å². The Morgan fingerprint density at radius 2 is 2.05 bits per heavy atom. The summed E-state index contributed by atoms with van der Waals surface area (Å²) in [6, 6.07) is 10.6. The summed E-state index contributed by atoms with van der Waals surface area (Å²) < 4.78 is 6.99. The second-order valence-electron chi connectivity index (χ2n) is 4.83. The minimum Gasteiger partial charge on any atom is -0.497 e. The molecule has 1 aromatic carbocycles. The molecule has 2 rings (SSSR count). The molecular formula is C16H19BrClNOS. The van der Waals surface area contributed by atoms with Crippen molar-refractivity contribution in [3.05, 3.63) is 49.6 Å². The molecular weight excluding hydrogens is 370 g/mol. The molecule has 0 amide bonds. The maximum atomic E-state index is 6.18. The monoisotopic (exact) mass is 387 g/mol. The summed E-state index contributed by atoms with van der Waals surface area (Å²) in [4.78, 5) is 1.26. The van der Waals surface area contributed by atoms with E-state index in [0.29, 0.717) is 0 Å². The standard InChI is InChI=1S/C16H19BrClNOS/c1-3-8-19-14(15-10-13(17)16(18)21-15)9-11-4-6-12(20-2)7-5-11/h4-7,10,14,19H,3,8-9H2,1-2H3. The van der Waals surface area contributed by atoms with Gasteiger partial charge in [0, 0.05) is 15.4 Å². The summed E-state index contributed by atoms with van der Waals surface area (Å²) in [5.74, 6) is 0.888. The molecule has 2 nitrogen and oxygen atoms in total. The molecule has 1 aromatic heterocycles. The van der Waals surface area contributed by atoms with Crippen LogP contribution in [0.15, 0.2) is 34.8 Å². The molecule has 1 atom stereocenters. The van der Waals surface area contributed by atoms with Gasteiger partial charge in [0.05, 0.1) is 7.11 Å². The van der Waals surface area contributed by atoms with Crippen LogP contribution in [0.2, 0.25) is 4.34 Å². The van der Waals surface area contributed by atoms with E-state index >= 15 is 0 Å². The van der Waals surface area contributed by atoms with Crippen LogP contribution in [-0.4, -0.2) is 13.7 Å². The molecule has 0 bridgehead atoms. The fourth-order valence-electron chi connectivity index (χ4n) is 2.12. The number of methoxy groups -OCH3 is 1. The molecule has 0 aliphatic heterocycles. The summed E-state index contributed by atoms with van der Waals surface area (Å²) in [6.45, 7) is 3.17. The number of halogens is 2. The number of rotatable bonds is 7. The quantitative estimate of drug-likeness (QED) is 0.680. The van der Waals surface area contributed by atoms with Gasteiger partial charge in [0.2, 0.25) is 0 Å². The van der Waals surface area contributed by atoms with Gasteiger partial charge in [0.1, 0.15) is 10.1 Å². The third-order valence-corrected chi connectivity index (χ3v) is 5.84. The SMILES string of the molecule is CCCNC(Cc1ccc(OC)cc1)c1cc(Br)c(Cl)s1. The fraction of sp³-hybridized carbons (Fsp3) is 0.375. The first kappa shape index (κ1) is 16.8. The zero-order valence-corrected chi connectivity index (χ0v) is 15.3. The number of hydrogen-bond acceptors (Lipinski definition) is 3. The van der Waals surface area contributed by atoms with Crippen molar-refractivity contribution in [2.75, 3.05) is 13.7 Å². The highest BCUT2D eigenvalue weighted by Gasteiger charge is 2.16.